The normalized spacial score (nSPS) is 11.5. The number of aliphatic carboxylic acids is 1. The average Bonchev–Trinajstić information content (AvgIpc) is 2.51. The topological polar surface area (TPSA) is 101 Å². The molecule has 0 aliphatic rings. The predicted octanol–water partition coefficient (Wildman–Crippen LogP) is 0.961. The van der Waals surface area contributed by atoms with Gasteiger partial charge in [-0.15, -0.1) is 0 Å². The summed E-state index contributed by atoms with van der Waals surface area (Å²) in [6, 6.07) is 3.04. The molecule has 1 atom stereocenters. The third kappa shape index (κ3) is 4.80. The van der Waals surface area contributed by atoms with Crippen molar-refractivity contribution in [3.05, 3.63) is 17.7 Å². The van der Waals surface area contributed by atoms with Gasteiger partial charge in [0.1, 0.15) is 0 Å². The highest BCUT2D eigenvalue weighted by atomic mass is 16.5. The Labute approximate surface area is 129 Å². The number of rotatable bonds is 7. The van der Waals surface area contributed by atoms with Gasteiger partial charge in [-0.2, -0.15) is 4.98 Å². The number of carboxylic acids is 1. The number of methoxy groups -OCH3 is 2. The number of hydrogen-bond acceptors (Lipinski definition) is 5. The van der Waals surface area contributed by atoms with Gasteiger partial charge in [-0.25, -0.2) is 4.79 Å². The maximum Gasteiger partial charge on any atom is 0.317 e. The van der Waals surface area contributed by atoms with E-state index >= 15 is 0 Å². The fourth-order valence-electron chi connectivity index (χ4n) is 1.75. The number of nitrogens with one attached hydrogen (secondary N) is 1. The van der Waals surface area contributed by atoms with Crippen LogP contribution >= 0.6 is 0 Å². The second-order valence-corrected chi connectivity index (χ2v) is 4.80. The van der Waals surface area contributed by atoms with Crippen molar-refractivity contribution in [2.45, 2.75) is 13.5 Å². The van der Waals surface area contributed by atoms with Crippen molar-refractivity contribution >= 4 is 12.0 Å². The fourth-order valence-corrected chi connectivity index (χ4v) is 1.75. The Bertz CT molecular complexity index is 535. The molecule has 2 amide bonds. The van der Waals surface area contributed by atoms with Crippen molar-refractivity contribution < 1.29 is 24.2 Å². The molecule has 0 saturated carbocycles. The first-order chi connectivity index (χ1) is 10.4. The fraction of sp³-hybridized carbons (Fsp3) is 0.500. The van der Waals surface area contributed by atoms with Gasteiger partial charge >= 0.3 is 12.0 Å². The minimum Gasteiger partial charge on any atom is -0.481 e. The van der Waals surface area contributed by atoms with Gasteiger partial charge in [-0.3, -0.25) is 4.79 Å². The number of ether oxygens (including phenoxy) is 2. The van der Waals surface area contributed by atoms with Crippen LogP contribution in [0, 0.1) is 5.92 Å². The minimum atomic E-state index is -0.944. The Kier molecular flexibility index (Phi) is 6.43. The molecule has 0 aliphatic heterocycles. The van der Waals surface area contributed by atoms with E-state index in [1.54, 1.807) is 19.1 Å². The Hall–Kier alpha value is -2.51. The van der Waals surface area contributed by atoms with Gasteiger partial charge in [-0.05, 0) is 6.07 Å². The molecule has 1 heterocycles. The molecule has 0 spiro atoms. The molecular weight excluding hydrogens is 290 g/mol. The zero-order chi connectivity index (χ0) is 16.7. The zero-order valence-electron chi connectivity index (χ0n) is 13.1. The number of aromatic nitrogens is 1. The highest BCUT2D eigenvalue weighted by Gasteiger charge is 2.17. The molecule has 0 radical (unpaired) electrons. The maximum absolute atomic E-state index is 11.9. The Morgan fingerprint density at radius 1 is 1.36 bits per heavy atom. The molecule has 122 valence electrons. The van der Waals surface area contributed by atoms with Crippen molar-refractivity contribution in [2.24, 2.45) is 5.92 Å². The average molecular weight is 311 g/mol. The summed E-state index contributed by atoms with van der Waals surface area (Å²) >= 11 is 0. The highest BCUT2D eigenvalue weighted by Crippen LogP contribution is 2.19. The summed E-state index contributed by atoms with van der Waals surface area (Å²) < 4.78 is 10.1. The van der Waals surface area contributed by atoms with Crippen molar-refractivity contribution in [3.8, 4) is 11.8 Å². The van der Waals surface area contributed by atoms with E-state index in [1.165, 1.54) is 26.2 Å². The van der Waals surface area contributed by atoms with Crippen molar-refractivity contribution in [3.63, 3.8) is 0 Å². The standard InChI is InChI=1S/C14H21N3O5/c1-9(13(18)19)8-17(2)14(20)15-7-10-5-6-11(21-3)16-12(10)22-4/h5-6,9H,7-8H2,1-4H3,(H,15,20)(H,18,19). The summed E-state index contributed by atoms with van der Waals surface area (Å²) in [4.78, 5) is 28.2. The van der Waals surface area contributed by atoms with Gasteiger partial charge in [0, 0.05) is 31.8 Å². The molecular formula is C14H21N3O5. The predicted molar refractivity (Wildman–Crippen MR) is 79.0 cm³/mol. The molecule has 8 heteroatoms. The number of carbonyl (C=O) groups is 2. The lowest BCUT2D eigenvalue weighted by molar-refractivity contribution is -0.141. The van der Waals surface area contributed by atoms with Crippen LogP contribution in [0.3, 0.4) is 0 Å². The molecule has 1 unspecified atom stereocenters. The number of hydrogen-bond donors (Lipinski definition) is 2. The quantitative estimate of drug-likeness (QED) is 0.778. The van der Waals surface area contributed by atoms with Gasteiger partial charge < -0.3 is 24.8 Å². The number of pyridine rings is 1. The van der Waals surface area contributed by atoms with Crippen LogP contribution in [0.1, 0.15) is 12.5 Å². The number of urea groups is 1. The molecule has 8 nitrogen and oxygen atoms in total. The Balaban J connectivity index is 2.62. The first kappa shape index (κ1) is 17.5. The first-order valence-electron chi connectivity index (χ1n) is 6.68. The second-order valence-electron chi connectivity index (χ2n) is 4.80. The molecule has 0 saturated heterocycles. The summed E-state index contributed by atoms with van der Waals surface area (Å²) in [6.07, 6.45) is 0. The van der Waals surface area contributed by atoms with Gasteiger partial charge in [0.25, 0.3) is 0 Å². The van der Waals surface area contributed by atoms with E-state index in [2.05, 4.69) is 10.3 Å². The van der Waals surface area contributed by atoms with Gasteiger partial charge in [0.05, 0.1) is 20.1 Å². The number of carbonyl (C=O) groups excluding carboxylic acids is 1. The number of nitrogens with zero attached hydrogens (tertiary/aromatic N) is 2. The smallest absolute Gasteiger partial charge is 0.317 e. The van der Waals surface area contributed by atoms with E-state index in [0.717, 1.165) is 0 Å². The lowest BCUT2D eigenvalue weighted by Crippen LogP contribution is -2.40. The molecule has 0 aromatic carbocycles. The largest absolute Gasteiger partial charge is 0.481 e. The summed E-state index contributed by atoms with van der Waals surface area (Å²) in [5.41, 5.74) is 0.691. The Morgan fingerprint density at radius 3 is 2.59 bits per heavy atom. The molecule has 1 aromatic rings. The van der Waals surface area contributed by atoms with E-state index in [9.17, 15) is 9.59 Å². The SMILES string of the molecule is COc1ccc(CNC(=O)N(C)CC(C)C(=O)O)c(OC)n1. The lowest BCUT2D eigenvalue weighted by Gasteiger charge is -2.20. The molecule has 2 N–H and O–H groups in total. The second kappa shape index (κ2) is 8.06. The van der Waals surface area contributed by atoms with Gasteiger partial charge in [0.15, 0.2) is 0 Å². The van der Waals surface area contributed by atoms with E-state index in [4.69, 9.17) is 14.6 Å². The Morgan fingerprint density at radius 2 is 2.05 bits per heavy atom. The summed E-state index contributed by atoms with van der Waals surface area (Å²) in [7, 11) is 4.52. The van der Waals surface area contributed by atoms with Crippen LogP contribution < -0.4 is 14.8 Å². The first-order valence-corrected chi connectivity index (χ1v) is 6.68. The number of carboxylic acid groups (broad SMARTS) is 1. The van der Waals surface area contributed by atoms with E-state index in [-0.39, 0.29) is 19.1 Å². The van der Waals surface area contributed by atoms with Crippen molar-refractivity contribution in [1.82, 2.24) is 15.2 Å². The van der Waals surface area contributed by atoms with Crippen LogP contribution in [0.4, 0.5) is 4.79 Å². The van der Waals surface area contributed by atoms with Crippen molar-refractivity contribution in [1.29, 1.82) is 0 Å². The summed E-state index contributed by atoms with van der Waals surface area (Å²) in [6.45, 7) is 1.88. The van der Waals surface area contributed by atoms with Crippen molar-refractivity contribution in [2.75, 3.05) is 27.8 Å². The third-order valence-corrected chi connectivity index (χ3v) is 3.06. The monoisotopic (exact) mass is 311 g/mol. The zero-order valence-corrected chi connectivity index (χ0v) is 13.1. The highest BCUT2D eigenvalue weighted by molar-refractivity contribution is 5.75. The number of amides is 2. The molecule has 1 rings (SSSR count). The molecule has 22 heavy (non-hydrogen) atoms. The molecule has 0 aliphatic carbocycles. The third-order valence-electron chi connectivity index (χ3n) is 3.06. The van der Waals surface area contributed by atoms with E-state index in [1.807, 2.05) is 0 Å². The van der Waals surface area contributed by atoms with Crippen LogP contribution in [0.25, 0.3) is 0 Å². The minimum absolute atomic E-state index is 0.124. The molecule has 0 fully saturated rings. The van der Waals surface area contributed by atoms with E-state index < -0.39 is 11.9 Å². The lowest BCUT2D eigenvalue weighted by atomic mass is 10.2. The van der Waals surface area contributed by atoms with Crippen LogP contribution in [-0.4, -0.2) is 54.8 Å². The summed E-state index contributed by atoms with van der Waals surface area (Å²) in [5.74, 6) is -0.797. The molecule has 1 aromatic heterocycles. The van der Waals surface area contributed by atoms with E-state index in [0.29, 0.717) is 17.3 Å². The maximum atomic E-state index is 11.9. The van der Waals surface area contributed by atoms with Crippen LogP contribution in [0.15, 0.2) is 12.1 Å². The van der Waals surface area contributed by atoms with Gasteiger partial charge in [-0.1, -0.05) is 6.92 Å². The van der Waals surface area contributed by atoms with Crippen LogP contribution in [0.5, 0.6) is 11.8 Å². The summed E-state index contributed by atoms with van der Waals surface area (Å²) in [5, 5.41) is 11.5. The molecule has 0 bridgehead atoms. The van der Waals surface area contributed by atoms with Crippen LogP contribution in [0.2, 0.25) is 0 Å². The van der Waals surface area contributed by atoms with Crippen LogP contribution in [-0.2, 0) is 11.3 Å². The van der Waals surface area contributed by atoms with Gasteiger partial charge in [0.2, 0.25) is 11.8 Å².